The number of nitrogens with two attached hydrogens (primary N) is 1. The van der Waals surface area contributed by atoms with Crippen molar-refractivity contribution in [3.63, 3.8) is 0 Å². The van der Waals surface area contributed by atoms with Gasteiger partial charge in [-0.25, -0.2) is 9.67 Å². The van der Waals surface area contributed by atoms with E-state index in [9.17, 15) is 0 Å². The molecule has 1 rings (SSSR count). The summed E-state index contributed by atoms with van der Waals surface area (Å²) >= 11 is 0. The molecule has 2 unspecified atom stereocenters. The quantitative estimate of drug-likeness (QED) is 0.799. The average Bonchev–Trinajstić information content (AvgIpc) is 2.54. The van der Waals surface area contributed by atoms with E-state index in [1.807, 2.05) is 4.68 Å². The normalized spacial score (nSPS) is 16.6. The molecule has 1 aromatic heterocycles. The van der Waals surface area contributed by atoms with Gasteiger partial charge in [0.2, 0.25) is 0 Å². The lowest BCUT2D eigenvalue weighted by Gasteiger charge is -2.34. The summed E-state index contributed by atoms with van der Waals surface area (Å²) in [6.07, 6.45) is 4.24. The molecule has 0 fully saturated rings. The third-order valence-corrected chi connectivity index (χ3v) is 2.49. The third-order valence-electron chi connectivity index (χ3n) is 2.49. The van der Waals surface area contributed by atoms with Gasteiger partial charge >= 0.3 is 0 Å². The predicted octanol–water partition coefficient (Wildman–Crippen LogP) is 1.60. The first-order chi connectivity index (χ1) is 6.46. The van der Waals surface area contributed by atoms with E-state index in [4.69, 9.17) is 5.73 Å². The van der Waals surface area contributed by atoms with Crippen molar-refractivity contribution in [3.05, 3.63) is 12.7 Å². The summed E-state index contributed by atoms with van der Waals surface area (Å²) in [5, 5.41) is 4.18. The topological polar surface area (TPSA) is 56.7 Å². The second-order valence-electron chi connectivity index (χ2n) is 4.76. The SMILES string of the molecule is CCC(N)C(n1cncn1)C(C)(C)C. The van der Waals surface area contributed by atoms with Crippen LogP contribution in [-0.2, 0) is 0 Å². The molecule has 0 aliphatic carbocycles. The van der Waals surface area contributed by atoms with Crippen LogP contribution in [0.3, 0.4) is 0 Å². The maximum Gasteiger partial charge on any atom is 0.137 e. The Bertz CT molecular complexity index is 260. The fourth-order valence-electron chi connectivity index (χ4n) is 1.82. The molecule has 4 nitrogen and oxygen atoms in total. The Hall–Kier alpha value is -0.900. The lowest BCUT2D eigenvalue weighted by molar-refractivity contribution is 0.186. The van der Waals surface area contributed by atoms with Crippen molar-refractivity contribution < 1.29 is 0 Å². The van der Waals surface area contributed by atoms with Gasteiger partial charge in [-0.05, 0) is 11.8 Å². The van der Waals surface area contributed by atoms with Gasteiger partial charge in [-0.3, -0.25) is 0 Å². The van der Waals surface area contributed by atoms with E-state index in [1.165, 1.54) is 0 Å². The molecule has 0 bridgehead atoms. The van der Waals surface area contributed by atoms with Crippen LogP contribution >= 0.6 is 0 Å². The lowest BCUT2D eigenvalue weighted by Crippen LogP contribution is -2.40. The van der Waals surface area contributed by atoms with Crippen molar-refractivity contribution in [2.45, 2.75) is 46.2 Å². The summed E-state index contributed by atoms with van der Waals surface area (Å²) in [6, 6.07) is 0.326. The van der Waals surface area contributed by atoms with Gasteiger partial charge in [0, 0.05) is 6.04 Å². The zero-order valence-corrected chi connectivity index (χ0v) is 9.44. The maximum absolute atomic E-state index is 6.11. The van der Waals surface area contributed by atoms with E-state index >= 15 is 0 Å². The molecular weight excluding hydrogens is 176 g/mol. The van der Waals surface area contributed by atoms with Crippen LogP contribution < -0.4 is 5.73 Å². The first kappa shape index (κ1) is 11.2. The molecule has 0 amide bonds. The zero-order chi connectivity index (χ0) is 10.8. The molecule has 2 atom stereocenters. The van der Waals surface area contributed by atoms with Crippen LogP contribution in [0.5, 0.6) is 0 Å². The molecule has 0 aliphatic heterocycles. The van der Waals surface area contributed by atoms with E-state index in [0.29, 0.717) is 0 Å². The van der Waals surface area contributed by atoms with E-state index in [2.05, 4.69) is 37.8 Å². The van der Waals surface area contributed by atoms with E-state index < -0.39 is 0 Å². The Kier molecular flexibility index (Phi) is 3.26. The maximum atomic E-state index is 6.11. The standard InChI is InChI=1S/C10H20N4/c1-5-8(11)9(10(2,3)4)14-7-12-6-13-14/h6-9H,5,11H2,1-4H3. The Morgan fingerprint density at radius 3 is 2.43 bits per heavy atom. The van der Waals surface area contributed by atoms with Gasteiger partial charge in [0.05, 0.1) is 6.04 Å². The van der Waals surface area contributed by atoms with E-state index in [-0.39, 0.29) is 17.5 Å². The molecule has 0 radical (unpaired) electrons. The van der Waals surface area contributed by atoms with Crippen LogP contribution in [0.25, 0.3) is 0 Å². The Labute approximate surface area is 85.5 Å². The summed E-state index contributed by atoms with van der Waals surface area (Å²) in [4.78, 5) is 3.97. The number of hydrogen-bond acceptors (Lipinski definition) is 3. The highest BCUT2D eigenvalue weighted by atomic mass is 15.3. The first-order valence-corrected chi connectivity index (χ1v) is 5.06. The number of hydrogen-bond donors (Lipinski definition) is 1. The van der Waals surface area contributed by atoms with Crippen LogP contribution in [0.1, 0.15) is 40.2 Å². The number of nitrogens with zero attached hydrogens (tertiary/aromatic N) is 3. The monoisotopic (exact) mass is 196 g/mol. The third kappa shape index (κ3) is 2.32. The first-order valence-electron chi connectivity index (χ1n) is 5.06. The van der Waals surface area contributed by atoms with Gasteiger partial charge in [0.15, 0.2) is 0 Å². The minimum atomic E-state index is 0.100. The van der Waals surface area contributed by atoms with Gasteiger partial charge in [-0.15, -0.1) is 0 Å². The van der Waals surface area contributed by atoms with Crippen molar-refractivity contribution in [2.24, 2.45) is 11.1 Å². The Morgan fingerprint density at radius 1 is 1.43 bits per heavy atom. The van der Waals surface area contributed by atoms with Crippen LogP contribution in [0.15, 0.2) is 12.7 Å². The summed E-state index contributed by atoms with van der Waals surface area (Å²) in [5.41, 5.74) is 6.21. The molecule has 0 saturated heterocycles. The summed E-state index contributed by atoms with van der Waals surface area (Å²) < 4.78 is 1.87. The van der Waals surface area contributed by atoms with E-state index in [0.717, 1.165) is 6.42 Å². The molecule has 4 heteroatoms. The fourth-order valence-corrected chi connectivity index (χ4v) is 1.82. The molecule has 1 aromatic rings. The molecule has 80 valence electrons. The van der Waals surface area contributed by atoms with E-state index in [1.54, 1.807) is 12.7 Å². The van der Waals surface area contributed by atoms with Gasteiger partial charge in [-0.2, -0.15) is 5.10 Å². The van der Waals surface area contributed by atoms with Gasteiger partial charge in [0.25, 0.3) is 0 Å². The summed E-state index contributed by atoms with van der Waals surface area (Å²) in [5.74, 6) is 0. The smallest absolute Gasteiger partial charge is 0.137 e. The van der Waals surface area contributed by atoms with Crippen LogP contribution in [0.4, 0.5) is 0 Å². The zero-order valence-electron chi connectivity index (χ0n) is 9.44. The second kappa shape index (κ2) is 4.09. The molecule has 2 N–H and O–H groups in total. The highest BCUT2D eigenvalue weighted by Crippen LogP contribution is 2.32. The average molecular weight is 196 g/mol. The Morgan fingerprint density at radius 2 is 2.07 bits per heavy atom. The molecule has 14 heavy (non-hydrogen) atoms. The molecule has 0 saturated carbocycles. The van der Waals surface area contributed by atoms with Crippen LogP contribution in [0.2, 0.25) is 0 Å². The van der Waals surface area contributed by atoms with Crippen molar-refractivity contribution >= 4 is 0 Å². The highest BCUT2D eigenvalue weighted by molar-refractivity contribution is 4.87. The number of rotatable bonds is 3. The van der Waals surface area contributed by atoms with Gasteiger partial charge < -0.3 is 5.73 Å². The second-order valence-corrected chi connectivity index (χ2v) is 4.76. The van der Waals surface area contributed by atoms with Crippen LogP contribution in [-0.4, -0.2) is 20.8 Å². The summed E-state index contributed by atoms with van der Waals surface area (Å²) in [6.45, 7) is 8.62. The molecule has 1 heterocycles. The lowest BCUT2D eigenvalue weighted by atomic mass is 9.82. The van der Waals surface area contributed by atoms with Gasteiger partial charge in [-0.1, -0.05) is 27.7 Å². The molecule has 0 aliphatic rings. The molecule has 0 spiro atoms. The summed E-state index contributed by atoms with van der Waals surface area (Å²) in [7, 11) is 0. The van der Waals surface area contributed by atoms with Crippen LogP contribution in [0, 0.1) is 5.41 Å². The predicted molar refractivity (Wildman–Crippen MR) is 56.8 cm³/mol. The minimum Gasteiger partial charge on any atom is -0.326 e. The largest absolute Gasteiger partial charge is 0.326 e. The molecular formula is C10H20N4. The Balaban J connectivity index is 2.94. The molecule has 0 aromatic carbocycles. The number of aromatic nitrogens is 3. The highest BCUT2D eigenvalue weighted by Gasteiger charge is 2.31. The van der Waals surface area contributed by atoms with Gasteiger partial charge in [0.1, 0.15) is 12.7 Å². The van der Waals surface area contributed by atoms with Crippen molar-refractivity contribution in [3.8, 4) is 0 Å². The fraction of sp³-hybridized carbons (Fsp3) is 0.800. The van der Waals surface area contributed by atoms with Crippen molar-refractivity contribution in [1.29, 1.82) is 0 Å². The minimum absolute atomic E-state index is 0.100. The van der Waals surface area contributed by atoms with Crippen molar-refractivity contribution in [2.75, 3.05) is 0 Å². The van der Waals surface area contributed by atoms with Crippen molar-refractivity contribution in [1.82, 2.24) is 14.8 Å².